The molecular formula is C13H14ClN3O2S. The lowest BCUT2D eigenvalue weighted by Crippen LogP contribution is -2.02. The van der Waals surface area contributed by atoms with E-state index in [4.69, 9.17) is 16.3 Å². The van der Waals surface area contributed by atoms with Gasteiger partial charge in [-0.3, -0.25) is 0 Å². The first-order valence-electron chi connectivity index (χ1n) is 5.89. The zero-order valence-electron chi connectivity index (χ0n) is 11.2. The number of carbonyl (C=O) groups excluding carboxylic acids is 1. The van der Waals surface area contributed by atoms with Gasteiger partial charge in [0.1, 0.15) is 12.2 Å². The first-order valence-corrected chi connectivity index (χ1v) is 7.42. The van der Waals surface area contributed by atoms with Crippen LogP contribution in [0.1, 0.15) is 21.7 Å². The van der Waals surface area contributed by atoms with Crippen LogP contribution in [0.15, 0.2) is 24.5 Å². The van der Waals surface area contributed by atoms with Crippen LogP contribution in [0.5, 0.6) is 0 Å². The molecule has 0 radical (unpaired) electrons. The predicted octanol–water partition coefficient (Wildman–Crippen LogP) is 2.69. The van der Waals surface area contributed by atoms with Crippen molar-refractivity contribution in [3.63, 3.8) is 0 Å². The Kier molecular flexibility index (Phi) is 5.03. The quantitative estimate of drug-likeness (QED) is 0.795. The van der Waals surface area contributed by atoms with Gasteiger partial charge in [-0.15, -0.1) is 22.0 Å². The molecule has 0 aliphatic carbocycles. The van der Waals surface area contributed by atoms with E-state index >= 15 is 0 Å². The van der Waals surface area contributed by atoms with E-state index in [1.807, 2.05) is 11.6 Å². The van der Waals surface area contributed by atoms with Crippen LogP contribution in [0.4, 0.5) is 0 Å². The fourth-order valence-corrected chi connectivity index (χ4v) is 2.89. The standard InChI is InChI=1S/C13H14ClN3O2S/c1-17-8-15-16-12(17)7-20-6-10-5-9(13(18)19-2)3-4-11(10)14/h3-5,8H,6-7H2,1-2H3. The Morgan fingerprint density at radius 1 is 1.45 bits per heavy atom. The summed E-state index contributed by atoms with van der Waals surface area (Å²) < 4.78 is 6.57. The molecule has 0 aliphatic heterocycles. The lowest BCUT2D eigenvalue weighted by molar-refractivity contribution is 0.0600. The number of rotatable bonds is 5. The van der Waals surface area contributed by atoms with Crippen LogP contribution in [0.25, 0.3) is 0 Å². The van der Waals surface area contributed by atoms with E-state index in [0.29, 0.717) is 16.3 Å². The molecule has 0 bridgehead atoms. The summed E-state index contributed by atoms with van der Waals surface area (Å²) in [6, 6.07) is 5.13. The molecule has 5 nitrogen and oxygen atoms in total. The van der Waals surface area contributed by atoms with Crippen molar-refractivity contribution in [2.24, 2.45) is 7.05 Å². The van der Waals surface area contributed by atoms with E-state index in [1.54, 1.807) is 36.3 Å². The van der Waals surface area contributed by atoms with E-state index in [9.17, 15) is 4.79 Å². The Balaban J connectivity index is 2.02. The SMILES string of the molecule is COC(=O)c1ccc(Cl)c(CSCc2nncn2C)c1. The molecule has 0 saturated heterocycles. The van der Waals surface area contributed by atoms with Crippen LogP contribution < -0.4 is 0 Å². The number of halogens is 1. The number of carbonyl (C=O) groups is 1. The lowest BCUT2D eigenvalue weighted by atomic mass is 10.1. The van der Waals surface area contributed by atoms with Crippen molar-refractivity contribution in [3.05, 3.63) is 46.5 Å². The highest BCUT2D eigenvalue weighted by Crippen LogP contribution is 2.24. The molecule has 1 aromatic carbocycles. The number of aryl methyl sites for hydroxylation is 1. The molecule has 1 aromatic heterocycles. The maximum absolute atomic E-state index is 11.5. The second-order valence-electron chi connectivity index (χ2n) is 4.15. The minimum atomic E-state index is -0.360. The number of aromatic nitrogens is 3. The van der Waals surface area contributed by atoms with E-state index in [-0.39, 0.29) is 5.97 Å². The minimum Gasteiger partial charge on any atom is -0.465 e. The van der Waals surface area contributed by atoms with Gasteiger partial charge in [-0.2, -0.15) is 0 Å². The van der Waals surface area contributed by atoms with Gasteiger partial charge in [0, 0.05) is 17.8 Å². The van der Waals surface area contributed by atoms with Crippen molar-refractivity contribution in [2.45, 2.75) is 11.5 Å². The van der Waals surface area contributed by atoms with Crippen LogP contribution >= 0.6 is 23.4 Å². The van der Waals surface area contributed by atoms with E-state index in [1.165, 1.54) is 7.11 Å². The highest BCUT2D eigenvalue weighted by atomic mass is 35.5. The van der Waals surface area contributed by atoms with Gasteiger partial charge in [0.25, 0.3) is 0 Å². The highest BCUT2D eigenvalue weighted by Gasteiger charge is 2.09. The molecule has 20 heavy (non-hydrogen) atoms. The number of benzene rings is 1. The average Bonchev–Trinajstić information content (AvgIpc) is 2.85. The molecule has 0 saturated carbocycles. The first-order chi connectivity index (χ1) is 9.61. The number of hydrogen-bond donors (Lipinski definition) is 0. The van der Waals surface area contributed by atoms with Gasteiger partial charge in [-0.25, -0.2) is 4.79 Å². The predicted molar refractivity (Wildman–Crippen MR) is 78.8 cm³/mol. The summed E-state index contributed by atoms with van der Waals surface area (Å²) in [4.78, 5) is 11.5. The van der Waals surface area contributed by atoms with Crippen molar-refractivity contribution in [3.8, 4) is 0 Å². The fourth-order valence-electron chi connectivity index (χ4n) is 1.62. The summed E-state index contributed by atoms with van der Waals surface area (Å²) >= 11 is 7.80. The molecule has 0 fully saturated rings. The maximum Gasteiger partial charge on any atom is 0.337 e. The molecule has 0 N–H and O–H groups in total. The summed E-state index contributed by atoms with van der Waals surface area (Å²) in [7, 11) is 3.26. The molecule has 0 spiro atoms. The zero-order chi connectivity index (χ0) is 14.5. The van der Waals surface area contributed by atoms with Gasteiger partial charge in [0.2, 0.25) is 0 Å². The molecule has 0 aliphatic rings. The number of thioether (sulfide) groups is 1. The van der Waals surface area contributed by atoms with Gasteiger partial charge >= 0.3 is 5.97 Å². The van der Waals surface area contributed by atoms with Gasteiger partial charge in [0.05, 0.1) is 18.4 Å². The van der Waals surface area contributed by atoms with E-state index in [2.05, 4.69) is 10.2 Å². The Hall–Kier alpha value is -1.53. The molecule has 0 unspecified atom stereocenters. The smallest absolute Gasteiger partial charge is 0.337 e. The summed E-state index contributed by atoms with van der Waals surface area (Å²) in [5.74, 6) is 1.96. The van der Waals surface area contributed by atoms with Crippen LogP contribution in [-0.4, -0.2) is 27.8 Å². The monoisotopic (exact) mass is 311 g/mol. The maximum atomic E-state index is 11.5. The second-order valence-corrected chi connectivity index (χ2v) is 5.54. The number of methoxy groups -OCH3 is 1. The van der Waals surface area contributed by atoms with Crippen molar-refractivity contribution in [2.75, 3.05) is 7.11 Å². The van der Waals surface area contributed by atoms with Gasteiger partial charge in [-0.1, -0.05) is 11.6 Å². The topological polar surface area (TPSA) is 57.0 Å². The van der Waals surface area contributed by atoms with Crippen LogP contribution in [-0.2, 0) is 23.3 Å². The molecule has 2 aromatic rings. The normalized spacial score (nSPS) is 10.6. The van der Waals surface area contributed by atoms with Gasteiger partial charge < -0.3 is 9.30 Å². The highest BCUT2D eigenvalue weighted by molar-refractivity contribution is 7.97. The number of hydrogen-bond acceptors (Lipinski definition) is 5. The Morgan fingerprint density at radius 2 is 2.25 bits per heavy atom. The zero-order valence-corrected chi connectivity index (χ0v) is 12.7. The summed E-state index contributed by atoms with van der Waals surface area (Å²) in [5, 5.41) is 8.48. The van der Waals surface area contributed by atoms with Crippen LogP contribution in [0.2, 0.25) is 5.02 Å². The third kappa shape index (κ3) is 3.52. The second kappa shape index (κ2) is 6.76. The number of nitrogens with zero attached hydrogens (tertiary/aromatic N) is 3. The van der Waals surface area contributed by atoms with Crippen LogP contribution in [0.3, 0.4) is 0 Å². The van der Waals surface area contributed by atoms with Gasteiger partial charge in [-0.05, 0) is 23.8 Å². The largest absolute Gasteiger partial charge is 0.465 e. The van der Waals surface area contributed by atoms with Crippen molar-refractivity contribution in [1.29, 1.82) is 0 Å². The Morgan fingerprint density at radius 3 is 2.90 bits per heavy atom. The third-order valence-corrected chi connectivity index (χ3v) is 4.11. The van der Waals surface area contributed by atoms with Crippen molar-refractivity contribution >= 4 is 29.3 Å². The lowest BCUT2D eigenvalue weighted by Gasteiger charge is -2.06. The number of ether oxygens (including phenoxy) is 1. The Bertz CT molecular complexity index is 615. The average molecular weight is 312 g/mol. The number of esters is 1. The summed E-state index contributed by atoms with van der Waals surface area (Å²) in [6.45, 7) is 0. The summed E-state index contributed by atoms with van der Waals surface area (Å²) in [5.41, 5.74) is 1.41. The minimum absolute atomic E-state index is 0.360. The Labute approximate surface area is 126 Å². The molecule has 7 heteroatoms. The first kappa shape index (κ1) is 14.9. The summed E-state index contributed by atoms with van der Waals surface area (Å²) in [6.07, 6.45) is 1.67. The van der Waals surface area contributed by atoms with Crippen molar-refractivity contribution < 1.29 is 9.53 Å². The van der Waals surface area contributed by atoms with Crippen molar-refractivity contribution in [1.82, 2.24) is 14.8 Å². The van der Waals surface area contributed by atoms with E-state index < -0.39 is 0 Å². The molecule has 0 amide bonds. The molecule has 2 rings (SSSR count). The molecule has 106 valence electrons. The van der Waals surface area contributed by atoms with E-state index in [0.717, 1.165) is 17.1 Å². The third-order valence-electron chi connectivity index (χ3n) is 2.76. The fraction of sp³-hybridized carbons (Fsp3) is 0.308. The molecule has 1 heterocycles. The van der Waals surface area contributed by atoms with Crippen LogP contribution in [0, 0.1) is 0 Å². The molecular weight excluding hydrogens is 298 g/mol. The molecule has 0 atom stereocenters. The van der Waals surface area contributed by atoms with Gasteiger partial charge in [0.15, 0.2) is 0 Å².